The molecule has 3 fully saturated rings. The molecule has 0 saturated carbocycles. The Morgan fingerprint density at radius 2 is 1.97 bits per heavy atom. The number of hydrogen-bond acceptors (Lipinski definition) is 5. The lowest BCUT2D eigenvalue weighted by atomic mass is 9.88. The predicted octanol–water partition coefficient (Wildman–Crippen LogP) is 3.31. The van der Waals surface area contributed by atoms with Crippen LogP contribution < -0.4 is 4.90 Å². The van der Waals surface area contributed by atoms with Crippen LogP contribution in [0.2, 0.25) is 0 Å². The molecular formula is C24H32N4O3. The molecule has 1 spiro atoms. The van der Waals surface area contributed by atoms with E-state index in [2.05, 4.69) is 11.0 Å². The standard InChI is InChI=1S/C24H32N4O3/c1-3-27-23(30)28(21-6-5-18(2)20(15-21)16-25)22(29)24(27)9-4-11-26(12-10-24)17-19-7-13-31-14-8-19/h5-6,15,19H,3-4,7-14,17H2,1-2H3/t24-/m0/s1. The van der Waals surface area contributed by atoms with Crippen LogP contribution in [0.5, 0.6) is 0 Å². The van der Waals surface area contributed by atoms with Gasteiger partial charge in [-0.25, -0.2) is 9.69 Å². The number of hydrogen-bond donors (Lipinski definition) is 0. The van der Waals surface area contributed by atoms with Gasteiger partial charge in [-0.1, -0.05) is 6.07 Å². The monoisotopic (exact) mass is 424 g/mol. The smallest absolute Gasteiger partial charge is 0.332 e. The van der Waals surface area contributed by atoms with Crippen molar-refractivity contribution in [2.24, 2.45) is 5.92 Å². The van der Waals surface area contributed by atoms with Gasteiger partial charge in [0.25, 0.3) is 5.91 Å². The molecule has 0 aliphatic carbocycles. The molecule has 0 unspecified atom stereocenters. The fourth-order valence-corrected chi connectivity index (χ4v) is 5.38. The van der Waals surface area contributed by atoms with Crippen molar-refractivity contribution >= 4 is 17.6 Å². The lowest BCUT2D eigenvalue weighted by molar-refractivity contribution is -0.125. The number of aryl methyl sites for hydroxylation is 1. The third-order valence-corrected chi connectivity index (χ3v) is 7.22. The number of anilines is 1. The molecule has 1 atom stereocenters. The van der Waals surface area contributed by atoms with Gasteiger partial charge in [0.2, 0.25) is 0 Å². The van der Waals surface area contributed by atoms with Gasteiger partial charge in [0.1, 0.15) is 5.54 Å². The Bertz CT molecular complexity index is 889. The van der Waals surface area contributed by atoms with Gasteiger partial charge in [0, 0.05) is 32.8 Å². The Balaban J connectivity index is 1.56. The summed E-state index contributed by atoms with van der Waals surface area (Å²) in [4.78, 5) is 32.6. The minimum atomic E-state index is -0.784. The number of carbonyl (C=O) groups is 2. The van der Waals surface area contributed by atoms with Crippen LogP contribution in [0.4, 0.5) is 10.5 Å². The van der Waals surface area contributed by atoms with Gasteiger partial charge < -0.3 is 14.5 Å². The molecule has 3 saturated heterocycles. The molecule has 4 rings (SSSR count). The van der Waals surface area contributed by atoms with Gasteiger partial charge in [-0.15, -0.1) is 0 Å². The van der Waals surface area contributed by atoms with E-state index in [0.717, 1.165) is 57.7 Å². The predicted molar refractivity (Wildman–Crippen MR) is 118 cm³/mol. The molecule has 1 aromatic rings. The fourth-order valence-electron chi connectivity index (χ4n) is 5.38. The first-order valence-electron chi connectivity index (χ1n) is 11.5. The van der Waals surface area contributed by atoms with E-state index in [1.165, 1.54) is 4.90 Å². The van der Waals surface area contributed by atoms with E-state index in [4.69, 9.17) is 4.74 Å². The van der Waals surface area contributed by atoms with Crippen molar-refractivity contribution < 1.29 is 14.3 Å². The van der Waals surface area contributed by atoms with Gasteiger partial charge in [-0.2, -0.15) is 5.26 Å². The normalized spacial score (nSPS) is 25.8. The lowest BCUT2D eigenvalue weighted by Crippen LogP contribution is -2.50. The van der Waals surface area contributed by atoms with Crippen LogP contribution in [0.1, 0.15) is 50.2 Å². The summed E-state index contributed by atoms with van der Waals surface area (Å²) in [6.07, 6.45) is 4.43. The Kier molecular flexibility index (Phi) is 6.31. The highest BCUT2D eigenvalue weighted by molar-refractivity contribution is 6.23. The van der Waals surface area contributed by atoms with Crippen LogP contribution in [0.3, 0.4) is 0 Å². The first-order chi connectivity index (χ1) is 15.0. The van der Waals surface area contributed by atoms with Crippen molar-refractivity contribution in [1.29, 1.82) is 5.26 Å². The second-order valence-corrected chi connectivity index (χ2v) is 9.02. The average molecular weight is 425 g/mol. The summed E-state index contributed by atoms with van der Waals surface area (Å²) in [5.74, 6) is 0.513. The summed E-state index contributed by atoms with van der Waals surface area (Å²) in [5, 5.41) is 9.40. The van der Waals surface area contributed by atoms with E-state index < -0.39 is 5.54 Å². The Labute approximate surface area is 184 Å². The Hall–Kier alpha value is -2.43. The first-order valence-corrected chi connectivity index (χ1v) is 11.5. The van der Waals surface area contributed by atoms with Crippen LogP contribution in [-0.4, -0.2) is 66.7 Å². The topological polar surface area (TPSA) is 76.9 Å². The highest BCUT2D eigenvalue weighted by Crippen LogP contribution is 2.40. The number of likely N-dealkylation sites (tertiary alicyclic amines) is 1. The maximum Gasteiger partial charge on any atom is 0.332 e. The second kappa shape index (κ2) is 8.97. The van der Waals surface area contributed by atoms with Crippen molar-refractivity contribution in [3.63, 3.8) is 0 Å². The number of rotatable bonds is 4. The SMILES string of the molecule is CCN1C(=O)N(c2ccc(C)c(C#N)c2)C(=O)[C@@]12CCCN(CC1CCOCC1)CC2. The number of benzene rings is 1. The number of imide groups is 1. The van der Waals surface area contributed by atoms with E-state index in [1.807, 2.05) is 13.8 Å². The highest BCUT2D eigenvalue weighted by Gasteiger charge is 2.57. The average Bonchev–Trinajstić information content (AvgIpc) is 2.90. The van der Waals surface area contributed by atoms with E-state index in [-0.39, 0.29) is 11.9 Å². The van der Waals surface area contributed by atoms with Crippen LogP contribution in [0.25, 0.3) is 0 Å². The lowest BCUT2D eigenvalue weighted by Gasteiger charge is -2.34. The summed E-state index contributed by atoms with van der Waals surface area (Å²) in [7, 11) is 0. The molecule has 7 nitrogen and oxygen atoms in total. The van der Waals surface area contributed by atoms with Crippen molar-refractivity contribution in [3.8, 4) is 6.07 Å². The molecule has 0 aromatic heterocycles. The van der Waals surface area contributed by atoms with E-state index in [9.17, 15) is 14.9 Å². The largest absolute Gasteiger partial charge is 0.381 e. The zero-order chi connectivity index (χ0) is 22.0. The highest BCUT2D eigenvalue weighted by atomic mass is 16.5. The molecule has 166 valence electrons. The van der Waals surface area contributed by atoms with Crippen molar-refractivity contribution in [3.05, 3.63) is 29.3 Å². The van der Waals surface area contributed by atoms with Crippen LogP contribution >= 0.6 is 0 Å². The number of nitriles is 1. The number of likely N-dealkylation sites (N-methyl/N-ethyl adjacent to an activating group) is 1. The number of ether oxygens (including phenoxy) is 1. The first kappa shape index (κ1) is 21.8. The van der Waals surface area contributed by atoms with Gasteiger partial charge in [-0.3, -0.25) is 4.79 Å². The van der Waals surface area contributed by atoms with Gasteiger partial charge in [0.15, 0.2) is 0 Å². The fraction of sp³-hybridized carbons (Fsp3) is 0.625. The van der Waals surface area contributed by atoms with Gasteiger partial charge in [0.05, 0.1) is 17.3 Å². The maximum absolute atomic E-state index is 13.7. The Morgan fingerprint density at radius 1 is 1.19 bits per heavy atom. The summed E-state index contributed by atoms with van der Waals surface area (Å²) < 4.78 is 5.49. The molecular weight excluding hydrogens is 392 g/mol. The zero-order valence-electron chi connectivity index (χ0n) is 18.6. The van der Waals surface area contributed by atoms with Crippen LogP contribution in [0, 0.1) is 24.2 Å². The molecule has 0 N–H and O–H groups in total. The second-order valence-electron chi connectivity index (χ2n) is 9.02. The summed E-state index contributed by atoms with van der Waals surface area (Å²) in [5.41, 5.74) is 1.04. The minimum absolute atomic E-state index is 0.139. The minimum Gasteiger partial charge on any atom is -0.381 e. The zero-order valence-corrected chi connectivity index (χ0v) is 18.6. The molecule has 0 radical (unpaired) electrons. The molecule has 7 heteroatoms. The van der Waals surface area contributed by atoms with Crippen LogP contribution in [0.15, 0.2) is 18.2 Å². The van der Waals surface area contributed by atoms with Crippen molar-refractivity contribution in [1.82, 2.24) is 9.80 Å². The van der Waals surface area contributed by atoms with Crippen molar-refractivity contribution in [2.75, 3.05) is 44.3 Å². The maximum atomic E-state index is 13.7. The Morgan fingerprint density at radius 3 is 2.68 bits per heavy atom. The van der Waals surface area contributed by atoms with Gasteiger partial charge in [-0.05, 0) is 76.1 Å². The number of carbonyl (C=O) groups excluding carboxylic acids is 2. The quantitative estimate of drug-likeness (QED) is 0.693. The van der Waals surface area contributed by atoms with E-state index >= 15 is 0 Å². The van der Waals surface area contributed by atoms with E-state index in [1.54, 1.807) is 23.1 Å². The summed E-state index contributed by atoms with van der Waals surface area (Å²) >= 11 is 0. The molecule has 1 aromatic carbocycles. The number of nitrogens with zero attached hydrogens (tertiary/aromatic N) is 4. The molecule has 31 heavy (non-hydrogen) atoms. The van der Waals surface area contributed by atoms with Gasteiger partial charge >= 0.3 is 6.03 Å². The molecule has 3 heterocycles. The number of amides is 3. The molecule has 3 aliphatic rings. The van der Waals surface area contributed by atoms with Crippen molar-refractivity contribution in [2.45, 2.75) is 51.5 Å². The molecule has 3 aliphatic heterocycles. The third-order valence-electron chi connectivity index (χ3n) is 7.22. The third kappa shape index (κ3) is 3.95. The number of urea groups is 1. The summed E-state index contributed by atoms with van der Waals surface area (Å²) in [6.45, 7) is 8.80. The van der Waals surface area contributed by atoms with Crippen LogP contribution in [-0.2, 0) is 9.53 Å². The van der Waals surface area contributed by atoms with E-state index in [0.29, 0.717) is 36.6 Å². The molecule has 0 bridgehead atoms. The molecule has 3 amide bonds. The summed E-state index contributed by atoms with van der Waals surface area (Å²) in [6, 6.07) is 7.13.